The van der Waals surface area contributed by atoms with Crippen molar-refractivity contribution in [3.05, 3.63) is 59.9 Å². The molecule has 1 saturated heterocycles. The van der Waals surface area contributed by atoms with Crippen molar-refractivity contribution in [2.75, 3.05) is 18.4 Å². The molecule has 1 aromatic heterocycles. The molecule has 3 aromatic rings. The first-order valence-electron chi connectivity index (χ1n) is 10.1. The molecule has 4 rings (SSSR count). The highest BCUT2D eigenvalue weighted by Gasteiger charge is 2.24. The maximum Gasteiger partial charge on any atom is 0.226 e. The monoisotopic (exact) mass is 390 g/mol. The van der Waals surface area contributed by atoms with Crippen LogP contribution in [0.3, 0.4) is 0 Å². The number of amides is 2. The number of carbonyl (C=O) groups excluding carboxylic acids is 2. The third-order valence-corrected chi connectivity index (χ3v) is 5.52. The van der Waals surface area contributed by atoms with E-state index in [9.17, 15) is 9.59 Å². The molecule has 29 heavy (non-hydrogen) atoms. The van der Waals surface area contributed by atoms with Gasteiger partial charge in [-0.25, -0.2) is 4.98 Å². The van der Waals surface area contributed by atoms with Gasteiger partial charge in [0.2, 0.25) is 11.8 Å². The smallest absolute Gasteiger partial charge is 0.226 e. The Morgan fingerprint density at radius 3 is 2.66 bits per heavy atom. The quantitative estimate of drug-likeness (QED) is 0.698. The molecule has 6 nitrogen and oxygen atoms in total. The molecule has 6 heteroatoms. The van der Waals surface area contributed by atoms with Gasteiger partial charge in [-0.05, 0) is 49.4 Å². The molecule has 1 aliphatic heterocycles. The number of fused-ring (bicyclic) bond motifs is 1. The van der Waals surface area contributed by atoms with Crippen LogP contribution in [0.4, 0.5) is 5.69 Å². The summed E-state index contributed by atoms with van der Waals surface area (Å²) in [6.45, 7) is 3.36. The summed E-state index contributed by atoms with van der Waals surface area (Å²) >= 11 is 0. The Kier molecular flexibility index (Phi) is 5.60. The van der Waals surface area contributed by atoms with Crippen LogP contribution in [0, 0.1) is 12.8 Å². The summed E-state index contributed by atoms with van der Waals surface area (Å²) < 4.78 is 0. The predicted octanol–water partition coefficient (Wildman–Crippen LogP) is 3.68. The van der Waals surface area contributed by atoms with Crippen molar-refractivity contribution in [3.63, 3.8) is 0 Å². The SMILES string of the molecule is Cc1nc2ccc(NC(=O)CC3CCN(C(=O)Cc4ccccc4)CC3)cc2[nH]1. The second kappa shape index (κ2) is 8.47. The van der Waals surface area contributed by atoms with Crippen molar-refractivity contribution >= 4 is 28.5 Å². The average molecular weight is 390 g/mol. The Bertz CT molecular complexity index is 1000. The fraction of sp³-hybridized carbons (Fsp3) is 0.348. The molecular weight excluding hydrogens is 364 g/mol. The van der Waals surface area contributed by atoms with Crippen LogP contribution in [0.15, 0.2) is 48.5 Å². The zero-order chi connectivity index (χ0) is 20.2. The third kappa shape index (κ3) is 4.83. The van der Waals surface area contributed by atoms with Gasteiger partial charge in [0.15, 0.2) is 0 Å². The number of benzene rings is 2. The van der Waals surface area contributed by atoms with Gasteiger partial charge in [0, 0.05) is 25.2 Å². The van der Waals surface area contributed by atoms with Crippen molar-refractivity contribution < 1.29 is 9.59 Å². The molecule has 0 atom stereocenters. The van der Waals surface area contributed by atoms with Gasteiger partial charge in [0.1, 0.15) is 5.82 Å². The van der Waals surface area contributed by atoms with Gasteiger partial charge in [-0.2, -0.15) is 0 Å². The first-order valence-corrected chi connectivity index (χ1v) is 10.1. The summed E-state index contributed by atoms with van der Waals surface area (Å²) in [5.74, 6) is 1.36. The normalized spacial score (nSPS) is 14.9. The Labute approximate surface area is 170 Å². The fourth-order valence-electron chi connectivity index (χ4n) is 3.96. The molecule has 2 aromatic carbocycles. The van der Waals surface area contributed by atoms with Crippen molar-refractivity contribution in [1.82, 2.24) is 14.9 Å². The minimum Gasteiger partial charge on any atom is -0.342 e. The molecule has 0 saturated carbocycles. The highest BCUT2D eigenvalue weighted by atomic mass is 16.2. The second-order valence-corrected chi connectivity index (χ2v) is 7.79. The minimum absolute atomic E-state index is 0.0228. The van der Waals surface area contributed by atoms with Crippen LogP contribution in [0.2, 0.25) is 0 Å². The average Bonchev–Trinajstić information content (AvgIpc) is 3.08. The van der Waals surface area contributed by atoms with E-state index in [-0.39, 0.29) is 11.8 Å². The molecule has 2 N–H and O–H groups in total. The Balaban J connectivity index is 1.25. The van der Waals surface area contributed by atoms with Crippen molar-refractivity contribution in [2.45, 2.75) is 32.6 Å². The molecule has 1 aliphatic rings. The predicted molar refractivity (Wildman–Crippen MR) is 114 cm³/mol. The summed E-state index contributed by atoms with van der Waals surface area (Å²) in [5, 5.41) is 2.99. The number of nitrogens with zero attached hydrogens (tertiary/aromatic N) is 2. The van der Waals surface area contributed by atoms with Gasteiger partial charge in [-0.3, -0.25) is 9.59 Å². The van der Waals surface area contributed by atoms with Gasteiger partial charge in [0.25, 0.3) is 0 Å². The molecule has 1 fully saturated rings. The first-order chi connectivity index (χ1) is 14.1. The molecule has 2 amide bonds. The molecule has 150 valence electrons. The summed E-state index contributed by atoms with van der Waals surface area (Å²) in [6.07, 6.45) is 2.67. The number of carbonyl (C=O) groups is 2. The molecule has 0 spiro atoms. The van der Waals surface area contributed by atoms with Gasteiger partial charge in [0.05, 0.1) is 17.5 Å². The lowest BCUT2D eigenvalue weighted by Crippen LogP contribution is -2.40. The number of hydrogen-bond donors (Lipinski definition) is 2. The number of nitrogens with one attached hydrogen (secondary N) is 2. The molecule has 0 aliphatic carbocycles. The van der Waals surface area contributed by atoms with E-state index in [2.05, 4.69) is 15.3 Å². The van der Waals surface area contributed by atoms with Crippen LogP contribution in [0.5, 0.6) is 0 Å². The first kappa shape index (κ1) is 19.2. The molecule has 0 unspecified atom stereocenters. The lowest BCUT2D eigenvalue weighted by Gasteiger charge is -2.32. The van der Waals surface area contributed by atoms with Crippen LogP contribution in [0.1, 0.15) is 30.7 Å². The zero-order valence-corrected chi connectivity index (χ0v) is 16.6. The summed E-state index contributed by atoms with van der Waals surface area (Å²) in [6, 6.07) is 15.5. The number of aryl methyl sites for hydroxylation is 1. The minimum atomic E-state index is 0.0228. The largest absolute Gasteiger partial charge is 0.342 e. The van der Waals surface area contributed by atoms with Crippen LogP contribution in [-0.4, -0.2) is 39.8 Å². The van der Waals surface area contributed by atoms with E-state index < -0.39 is 0 Å². The van der Waals surface area contributed by atoms with Crippen LogP contribution >= 0.6 is 0 Å². The standard InChI is InChI=1S/C23H26N4O2/c1-16-24-20-8-7-19(15-21(20)25-16)26-22(28)13-18-9-11-27(12-10-18)23(29)14-17-5-3-2-4-6-17/h2-8,15,18H,9-14H2,1H3,(H,24,25)(H,26,28). The highest BCUT2D eigenvalue weighted by molar-refractivity contribution is 5.93. The lowest BCUT2D eigenvalue weighted by molar-refractivity contribution is -0.131. The number of anilines is 1. The lowest BCUT2D eigenvalue weighted by atomic mass is 9.93. The maximum absolute atomic E-state index is 12.5. The van der Waals surface area contributed by atoms with Crippen molar-refractivity contribution in [1.29, 1.82) is 0 Å². The molecular formula is C23H26N4O2. The van der Waals surface area contributed by atoms with E-state index in [1.54, 1.807) is 0 Å². The summed E-state index contributed by atoms with van der Waals surface area (Å²) in [4.78, 5) is 34.4. The third-order valence-electron chi connectivity index (χ3n) is 5.52. The number of hydrogen-bond acceptors (Lipinski definition) is 3. The van der Waals surface area contributed by atoms with Gasteiger partial charge >= 0.3 is 0 Å². The van der Waals surface area contributed by atoms with E-state index in [4.69, 9.17) is 0 Å². The zero-order valence-electron chi connectivity index (χ0n) is 16.6. The van der Waals surface area contributed by atoms with Gasteiger partial charge < -0.3 is 15.2 Å². The van der Waals surface area contributed by atoms with Gasteiger partial charge in [-0.15, -0.1) is 0 Å². The highest BCUT2D eigenvalue weighted by Crippen LogP contribution is 2.23. The second-order valence-electron chi connectivity index (χ2n) is 7.79. The number of piperidine rings is 1. The van der Waals surface area contributed by atoms with E-state index in [1.165, 1.54) is 0 Å². The number of imidazole rings is 1. The fourth-order valence-corrected chi connectivity index (χ4v) is 3.96. The van der Waals surface area contributed by atoms with Crippen LogP contribution < -0.4 is 5.32 Å². The van der Waals surface area contributed by atoms with Crippen LogP contribution in [0.25, 0.3) is 11.0 Å². The molecule has 2 heterocycles. The number of likely N-dealkylation sites (tertiary alicyclic amines) is 1. The Hall–Kier alpha value is -3.15. The summed E-state index contributed by atoms with van der Waals surface area (Å²) in [7, 11) is 0. The number of aromatic nitrogens is 2. The Morgan fingerprint density at radius 2 is 1.90 bits per heavy atom. The van der Waals surface area contributed by atoms with E-state index in [0.717, 1.165) is 54.0 Å². The Morgan fingerprint density at radius 1 is 1.14 bits per heavy atom. The summed E-state index contributed by atoms with van der Waals surface area (Å²) in [5.41, 5.74) is 3.64. The molecule has 0 radical (unpaired) electrons. The van der Waals surface area contributed by atoms with Gasteiger partial charge in [-0.1, -0.05) is 30.3 Å². The van der Waals surface area contributed by atoms with E-state index >= 15 is 0 Å². The number of aromatic amines is 1. The van der Waals surface area contributed by atoms with E-state index in [1.807, 2.05) is 60.4 Å². The van der Waals surface area contributed by atoms with E-state index in [0.29, 0.717) is 18.8 Å². The van der Waals surface area contributed by atoms with Crippen molar-refractivity contribution in [2.24, 2.45) is 5.92 Å². The topological polar surface area (TPSA) is 78.1 Å². The van der Waals surface area contributed by atoms with Crippen molar-refractivity contribution in [3.8, 4) is 0 Å². The van der Waals surface area contributed by atoms with Crippen LogP contribution in [-0.2, 0) is 16.0 Å². The maximum atomic E-state index is 12.5. The molecule has 0 bridgehead atoms. The number of H-pyrrole nitrogens is 1. The number of rotatable bonds is 5.